The molecule has 0 amide bonds. The lowest BCUT2D eigenvalue weighted by Gasteiger charge is -2.07. The van der Waals surface area contributed by atoms with Crippen LogP contribution in [0.15, 0.2) is 42.7 Å². The number of nitrogens with one attached hydrogen (secondary N) is 1. The van der Waals surface area contributed by atoms with Gasteiger partial charge < -0.3 is 5.32 Å². The third-order valence-electron chi connectivity index (χ3n) is 3.21. The molecule has 0 bridgehead atoms. The van der Waals surface area contributed by atoms with E-state index in [0.29, 0.717) is 13.0 Å². The van der Waals surface area contributed by atoms with Gasteiger partial charge in [0.15, 0.2) is 0 Å². The van der Waals surface area contributed by atoms with Crippen molar-refractivity contribution in [3.05, 3.63) is 69.5 Å². The number of nitro groups is 1. The summed E-state index contributed by atoms with van der Waals surface area (Å²) in [4.78, 5) is 14.6. The number of pyridine rings is 1. The predicted octanol–water partition coefficient (Wildman–Crippen LogP) is 2.63. The first-order valence-electron chi connectivity index (χ1n) is 6.51. The van der Waals surface area contributed by atoms with Gasteiger partial charge in [0.2, 0.25) is 0 Å². The van der Waals surface area contributed by atoms with Crippen LogP contribution in [-0.2, 0) is 13.0 Å². The Kier molecular flexibility index (Phi) is 4.79. The molecular weight excluding hydrogens is 254 g/mol. The second kappa shape index (κ2) is 6.77. The Bertz CT molecular complexity index is 599. The molecule has 20 heavy (non-hydrogen) atoms. The Hall–Kier alpha value is -2.27. The molecule has 2 aromatic rings. The van der Waals surface area contributed by atoms with Crippen LogP contribution in [0, 0.1) is 17.0 Å². The van der Waals surface area contributed by atoms with Gasteiger partial charge >= 0.3 is 0 Å². The maximum Gasteiger partial charge on any atom is 0.272 e. The summed E-state index contributed by atoms with van der Waals surface area (Å²) in [7, 11) is 0. The van der Waals surface area contributed by atoms with E-state index in [1.165, 1.54) is 5.56 Å². The van der Waals surface area contributed by atoms with Gasteiger partial charge in [-0.3, -0.25) is 15.1 Å². The SMILES string of the molecule is Cc1cnccc1CNCCc1ccccc1[N+](=O)[O-]. The summed E-state index contributed by atoms with van der Waals surface area (Å²) in [6.07, 6.45) is 4.24. The normalized spacial score (nSPS) is 10.4. The smallest absolute Gasteiger partial charge is 0.272 e. The molecule has 0 spiro atoms. The minimum Gasteiger partial charge on any atom is -0.312 e. The first kappa shape index (κ1) is 14.1. The summed E-state index contributed by atoms with van der Waals surface area (Å²) in [6.45, 7) is 3.47. The maximum absolute atomic E-state index is 10.9. The lowest BCUT2D eigenvalue weighted by atomic mass is 10.1. The third kappa shape index (κ3) is 3.61. The van der Waals surface area contributed by atoms with E-state index in [1.54, 1.807) is 24.4 Å². The highest BCUT2D eigenvalue weighted by atomic mass is 16.6. The van der Waals surface area contributed by atoms with Crippen LogP contribution in [0.5, 0.6) is 0 Å². The fourth-order valence-corrected chi connectivity index (χ4v) is 2.05. The average molecular weight is 271 g/mol. The fraction of sp³-hybridized carbons (Fsp3) is 0.267. The molecule has 5 nitrogen and oxygen atoms in total. The van der Waals surface area contributed by atoms with Gasteiger partial charge in [-0.1, -0.05) is 18.2 Å². The number of para-hydroxylation sites is 1. The summed E-state index contributed by atoms with van der Waals surface area (Å²) < 4.78 is 0. The molecule has 1 aromatic carbocycles. The van der Waals surface area contributed by atoms with Crippen molar-refractivity contribution < 1.29 is 4.92 Å². The lowest BCUT2D eigenvalue weighted by molar-refractivity contribution is -0.385. The van der Waals surface area contributed by atoms with Crippen LogP contribution < -0.4 is 5.32 Å². The molecule has 0 fully saturated rings. The highest BCUT2D eigenvalue weighted by Gasteiger charge is 2.11. The Balaban J connectivity index is 1.88. The zero-order valence-electron chi connectivity index (χ0n) is 11.4. The lowest BCUT2D eigenvalue weighted by Crippen LogP contribution is -2.17. The Labute approximate surface area is 117 Å². The summed E-state index contributed by atoms with van der Waals surface area (Å²) in [5.41, 5.74) is 3.29. The number of nitro benzene ring substituents is 1. The van der Waals surface area contributed by atoms with Gasteiger partial charge in [-0.25, -0.2) is 0 Å². The molecule has 0 radical (unpaired) electrons. The molecule has 0 atom stereocenters. The van der Waals surface area contributed by atoms with E-state index in [4.69, 9.17) is 0 Å². The van der Waals surface area contributed by atoms with Crippen molar-refractivity contribution in [2.45, 2.75) is 19.9 Å². The number of nitrogens with zero attached hydrogens (tertiary/aromatic N) is 2. The molecule has 2 rings (SSSR count). The number of rotatable bonds is 6. The maximum atomic E-state index is 10.9. The van der Waals surface area contributed by atoms with Gasteiger partial charge in [-0.15, -0.1) is 0 Å². The van der Waals surface area contributed by atoms with Crippen molar-refractivity contribution in [1.82, 2.24) is 10.3 Å². The van der Waals surface area contributed by atoms with Crippen LogP contribution in [-0.4, -0.2) is 16.5 Å². The summed E-state index contributed by atoms with van der Waals surface area (Å²) in [5, 5.41) is 14.2. The number of aromatic nitrogens is 1. The van der Waals surface area contributed by atoms with E-state index in [2.05, 4.69) is 10.3 Å². The predicted molar refractivity (Wildman–Crippen MR) is 77.5 cm³/mol. The summed E-state index contributed by atoms with van der Waals surface area (Å²) in [6, 6.07) is 8.85. The molecule has 0 unspecified atom stereocenters. The van der Waals surface area contributed by atoms with Gasteiger partial charge in [0, 0.05) is 30.6 Å². The second-order valence-electron chi connectivity index (χ2n) is 4.61. The molecular formula is C15H17N3O2. The first-order chi connectivity index (χ1) is 9.68. The molecule has 1 heterocycles. The van der Waals surface area contributed by atoms with Crippen LogP contribution >= 0.6 is 0 Å². The van der Waals surface area contributed by atoms with Gasteiger partial charge in [-0.2, -0.15) is 0 Å². The van der Waals surface area contributed by atoms with E-state index in [-0.39, 0.29) is 10.6 Å². The molecule has 1 aromatic heterocycles. The number of aryl methyl sites for hydroxylation is 1. The van der Waals surface area contributed by atoms with E-state index in [0.717, 1.165) is 17.7 Å². The molecule has 104 valence electrons. The second-order valence-corrected chi connectivity index (χ2v) is 4.61. The van der Waals surface area contributed by atoms with Crippen LogP contribution in [0.25, 0.3) is 0 Å². The van der Waals surface area contributed by atoms with E-state index in [9.17, 15) is 10.1 Å². The fourth-order valence-electron chi connectivity index (χ4n) is 2.05. The molecule has 5 heteroatoms. The van der Waals surface area contributed by atoms with Gasteiger partial charge in [0.05, 0.1) is 4.92 Å². The summed E-state index contributed by atoms with van der Waals surface area (Å²) >= 11 is 0. The standard InChI is InChI=1S/C15H17N3O2/c1-12-10-16-9-7-14(12)11-17-8-6-13-4-2-3-5-15(13)18(19)20/h2-5,7,9-10,17H,6,8,11H2,1H3. The zero-order valence-corrected chi connectivity index (χ0v) is 11.4. The Morgan fingerprint density at radius 1 is 1.25 bits per heavy atom. The van der Waals surface area contributed by atoms with Crippen LogP contribution in [0.4, 0.5) is 5.69 Å². The highest BCUT2D eigenvalue weighted by Crippen LogP contribution is 2.17. The van der Waals surface area contributed by atoms with Gasteiger partial charge in [-0.05, 0) is 37.1 Å². The number of hydrogen-bond acceptors (Lipinski definition) is 4. The number of benzene rings is 1. The third-order valence-corrected chi connectivity index (χ3v) is 3.21. The highest BCUT2D eigenvalue weighted by molar-refractivity contribution is 5.39. The van der Waals surface area contributed by atoms with Crippen molar-refractivity contribution in [3.8, 4) is 0 Å². The molecule has 0 aliphatic rings. The van der Waals surface area contributed by atoms with Crippen molar-refractivity contribution >= 4 is 5.69 Å². The van der Waals surface area contributed by atoms with E-state index in [1.807, 2.05) is 25.3 Å². The number of hydrogen-bond donors (Lipinski definition) is 1. The molecule has 1 N–H and O–H groups in total. The van der Waals surface area contributed by atoms with Crippen molar-refractivity contribution in [2.75, 3.05) is 6.54 Å². The monoisotopic (exact) mass is 271 g/mol. The minimum atomic E-state index is -0.331. The summed E-state index contributed by atoms with van der Waals surface area (Å²) in [5.74, 6) is 0. The van der Waals surface area contributed by atoms with E-state index >= 15 is 0 Å². The van der Waals surface area contributed by atoms with Crippen LogP contribution in [0.1, 0.15) is 16.7 Å². The topological polar surface area (TPSA) is 68.1 Å². The first-order valence-corrected chi connectivity index (χ1v) is 6.51. The van der Waals surface area contributed by atoms with Crippen molar-refractivity contribution in [1.29, 1.82) is 0 Å². The zero-order chi connectivity index (χ0) is 14.4. The van der Waals surface area contributed by atoms with E-state index < -0.39 is 0 Å². The molecule has 0 aliphatic heterocycles. The van der Waals surface area contributed by atoms with Crippen molar-refractivity contribution in [2.24, 2.45) is 0 Å². The van der Waals surface area contributed by atoms with Gasteiger partial charge in [0.1, 0.15) is 0 Å². The largest absolute Gasteiger partial charge is 0.312 e. The minimum absolute atomic E-state index is 0.189. The quantitative estimate of drug-likeness (QED) is 0.498. The Morgan fingerprint density at radius 3 is 2.80 bits per heavy atom. The van der Waals surface area contributed by atoms with Crippen LogP contribution in [0.3, 0.4) is 0 Å². The molecule has 0 saturated carbocycles. The molecule has 0 saturated heterocycles. The average Bonchev–Trinajstić information content (AvgIpc) is 2.45. The van der Waals surface area contributed by atoms with Crippen LogP contribution in [0.2, 0.25) is 0 Å². The molecule has 0 aliphatic carbocycles. The Morgan fingerprint density at radius 2 is 2.05 bits per heavy atom. The van der Waals surface area contributed by atoms with Gasteiger partial charge in [0.25, 0.3) is 5.69 Å². The van der Waals surface area contributed by atoms with Crippen molar-refractivity contribution in [3.63, 3.8) is 0 Å².